The van der Waals surface area contributed by atoms with Gasteiger partial charge in [-0.2, -0.15) is 0 Å². The molecule has 0 aliphatic carbocycles. The fourth-order valence-corrected chi connectivity index (χ4v) is 2.07. The first-order valence-electron chi connectivity index (χ1n) is 5.64. The first-order chi connectivity index (χ1) is 7.34. The van der Waals surface area contributed by atoms with Gasteiger partial charge in [0.2, 0.25) is 0 Å². The van der Waals surface area contributed by atoms with E-state index in [9.17, 15) is 5.11 Å². The molecule has 1 aliphatic rings. The Labute approximate surface area is 90.8 Å². The van der Waals surface area contributed by atoms with Crippen LogP contribution >= 0.6 is 0 Å². The molecule has 3 nitrogen and oxygen atoms in total. The van der Waals surface area contributed by atoms with Crippen molar-refractivity contribution in [2.24, 2.45) is 0 Å². The Balaban J connectivity index is 1.78. The summed E-state index contributed by atoms with van der Waals surface area (Å²) in [7, 11) is 0. The van der Waals surface area contributed by atoms with Gasteiger partial charge in [-0.15, -0.1) is 0 Å². The van der Waals surface area contributed by atoms with Crippen LogP contribution in [0.1, 0.15) is 18.4 Å². The molecule has 1 unspecified atom stereocenters. The van der Waals surface area contributed by atoms with Gasteiger partial charge in [-0.1, -0.05) is 6.07 Å². The largest absolute Gasteiger partial charge is 0.392 e. The lowest BCUT2D eigenvalue weighted by atomic mass is 10.1. The number of pyridine rings is 1. The van der Waals surface area contributed by atoms with Crippen molar-refractivity contribution in [1.29, 1.82) is 0 Å². The molecule has 2 rings (SSSR count). The molecule has 0 saturated carbocycles. The Morgan fingerprint density at radius 3 is 3.20 bits per heavy atom. The van der Waals surface area contributed by atoms with Gasteiger partial charge in [0.1, 0.15) is 0 Å². The smallest absolute Gasteiger partial charge is 0.0667 e. The highest BCUT2D eigenvalue weighted by Crippen LogP contribution is 2.10. The number of aromatic nitrogens is 1. The first-order valence-corrected chi connectivity index (χ1v) is 5.64. The maximum absolute atomic E-state index is 9.52. The lowest BCUT2D eigenvalue weighted by molar-refractivity contribution is 0.0714. The number of β-amino-alcohol motifs (C(OH)–C–C–N with tert-alkyl or cyclic N) is 1. The van der Waals surface area contributed by atoms with Gasteiger partial charge in [0.25, 0.3) is 0 Å². The number of likely N-dealkylation sites (tertiary alicyclic amines) is 1. The minimum absolute atomic E-state index is 0.118. The second-order valence-corrected chi connectivity index (χ2v) is 4.21. The second kappa shape index (κ2) is 5.24. The zero-order valence-electron chi connectivity index (χ0n) is 8.97. The molecule has 1 atom stereocenters. The fraction of sp³-hybridized carbons (Fsp3) is 0.583. The first kappa shape index (κ1) is 10.6. The molecule has 0 amide bonds. The van der Waals surface area contributed by atoms with Crippen LogP contribution < -0.4 is 0 Å². The third-order valence-electron chi connectivity index (χ3n) is 2.92. The topological polar surface area (TPSA) is 36.4 Å². The van der Waals surface area contributed by atoms with Crippen molar-refractivity contribution in [1.82, 2.24) is 9.88 Å². The second-order valence-electron chi connectivity index (χ2n) is 4.21. The Morgan fingerprint density at radius 1 is 1.53 bits per heavy atom. The Bertz CT molecular complexity index is 289. The predicted octanol–water partition coefficient (Wildman–Crippen LogP) is 1.08. The summed E-state index contributed by atoms with van der Waals surface area (Å²) in [6.45, 7) is 2.99. The van der Waals surface area contributed by atoms with E-state index in [2.05, 4.69) is 16.0 Å². The third kappa shape index (κ3) is 3.29. The minimum Gasteiger partial charge on any atom is -0.392 e. The maximum atomic E-state index is 9.52. The molecule has 3 heteroatoms. The highest BCUT2D eigenvalue weighted by Gasteiger charge is 2.16. The van der Waals surface area contributed by atoms with Gasteiger partial charge in [-0.25, -0.2) is 0 Å². The van der Waals surface area contributed by atoms with E-state index in [1.54, 1.807) is 6.20 Å². The van der Waals surface area contributed by atoms with Crippen molar-refractivity contribution in [3.63, 3.8) is 0 Å². The lowest BCUT2D eigenvalue weighted by Gasteiger charge is -2.29. The van der Waals surface area contributed by atoms with Crippen LogP contribution in [0.25, 0.3) is 0 Å². The predicted molar refractivity (Wildman–Crippen MR) is 59.6 cm³/mol. The highest BCUT2D eigenvalue weighted by molar-refractivity contribution is 5.08. The summed E-state index contributed by atoms with van der Waals surface area (Å²) >= 11 is 0. The van der Waals surface area contributed by atoms with Crippen molar-refractivity contribution in [2.75, 3.05) is 19.6 Å². The molecule has 1 saturated heterocycles. The minimum atomic E-state index is -0.118. The zero-order chi connectivity index (χ0) is 10.5. The number of hydrogen-bond donors (Lipinski definition) is 1. The maximum Gasteiger partial charge on any atom is 0.0667 e. The number of nitrogens with zero attached hydrogens (tertiary/aromatic N) is 2. The van der Waals surface area contributed by atoms with Crippen molar-refractivity contribution in [3.8, 4) is 0 Å². The molecule has 1 aromatic rings. The molecular formula is C12H18N2O. The van der Waals surface area contributed by atoms with Crippen molar-refractivity contribution in [2.45, 2.75) is 25.4 Å². The molecule has 1 fully saturated rings. The standard InChI is InChI=1S/C12H18N2O/c15-12-4-2-7-14(10-12)8-5-11-3-1-6-13-9-11/h1,3,6,9,12,15H,2,4-5,7-8,10H2. The van der Waals surface area contributed by atoms with Crippen LogP contribution in [0.3, 0.4) is 0 Å². The van der Waals surface area contributed by atoms with Crippen LogP contribution in [-0.2, 0) is 6.42 Å². The summed E-state index contributed by atoms with van der Waals surface area (Å²) in [5.74, 6) is 0. The van der Waals surface area contributed by atoms with Crippen molar-refractivity contribution >= 4 is 0 Å². The average Bonchev–Trinajstić information content (AvgIpc) is 2.28. The van der Waals surface area contributed by atoms with Crippen LogP contribution in [0.5, 0.6) is 0 Å². The van der Waals surface area contributed by atoms with Gasteiger partial charge < -0.3 is 10.0 Å². The molecule has 82 valence electrons. The number of hydrogen-bond acceptors (Lipinski definition) is 3. The normalized spacial score (nSPS) is 22.9. The summed E-state index contributed by atoms with van der Waals surface area (Å²) < 4.78 is 0. The van der Waals surface area contributed by atoms with Crippen molar-refractivity contribution < 1.29 is 5.11 Å². The van der Waals surface area contributed by atoms with E-state index < -0.39 is 0 Å². The number of aliphatic hydroxyl groups is 1. The quantitative estimate of drug-likeness (QED) is 0.804. The fourth-order valence-electron chi connectivity index (χ4n) is 2.07. The summed E-state index contributed by atoms with van der Waals surface area (Å²) in [4.78, 5) is 6.43. The van der Waals surface area contributed by atoms with Gasteiger partial charge >= 0.3 is 0 Å². The number of rotatable bonds is 3. The SMILES string of the molecule is OC1CCCN(CCc2cccnc2)C1. The molecule has 0 aromatic carbocycles. The van der Waals surface area contributed by atoms with Crippen LogP contribution in [0.2, 0.25) is 0 Å². The van der Waals surface area contributed by atoms with E-state index in [0.29, 0.717) is 0 Å². The lowest BCUT2D eigenvalue weighted by Crippen LogP contribution is -2.39. The molecule has 0 radical (unpaired) electrons. The molecule has 1 N–H and O–H groups in total. The number of aliphatic hydroxyl groups excluding tert-OH is 1. The Kier molecular flexibility index (Phi) is 3.69. The third-order valence-corrected chi connectivity index (χ3v) is 2.92. The van der Waals surface area contributed by atoms with E-state index in [0.717, 1.165) is 38.9 Å². The van der Waals surface area contributed by atoms with Crippen LogP contribution in [0.4, 0.5) is 0 Å². The van der Waals surface area contributed by atoms with Gasteiger partial charge in [-0.05, 0) is 37.4 Å². The monoisotopic (exact) mass is 206 g/mol. The van der Waals surface area contributed by atoms with E-state index in [1.807, 2.05) is 12.3 Å². The van der Waals surface area contributed by atoms with Gasteiger partial charge in [0.15, 0.2) is 0 Å². The Morgan fingerprint density at radius 2 is 2.47 bits per heavy atom. The zero-order valence-corrected chi connectivity index (χ0v) is 8.97. The van der Waals surface area contributed by atoms with Crippen LogP contribution in [0.15, 0.2) is 24.5 Å². The summed E-state index contributed by atoms with van der Waals surface area (Å²) in [6, 6.07) is 4.08. The average molecular weight is 206 g/mol. The molecule has 1 aliphatic heterocycles. The van der Waals surface area contributed by atoms with Crippen molar-refractivity contribution in [3.05, 3.63) is 30.1 Å². The van der Waals surface area contributed by atoms with Crippen LogP contribution in [0, 0.1) is 0 Å². The number of piperidine rings is 1. The molecule has 1 aromatic heterocycles. The highest BCUT2D eigenvalue weighted by atomic mass is 16.3. The van der Waals surface area contributed by atoms with E-state index >= 15 is 0 Å². The van der Waals surface area contributed by atoms with E-state index in [1.165, 1.54) is 5.56 Å². The van der Waals surface area contributed by atoms with Gasteiger partial charge in [0, 0.05) is 25.5 Å². The van der Waals surface area contributed by atoms with E-state index in [4.69, 9.17) is 0 Å². The Hall–Kier alpha value is -0.930. The molecule has 0 spiro atoms. The van der Waals surface area contributed by atoms with Gasteiger partial charge in [-0.3, -0.25) is 4.98 Å². The van der Waals surface area contributed by atoms with Gasteiger partial charge in [0.05, 0.1) is 6.10 Å². The molecular weight excluding hydrogens is 188 g/mol. The van der Waals surface area contributed by atoms with E-state index in [-0.39, 0.29) is 6.10 Å². The molecule has 2 heterocycles. The molecule has 15 heavy (non-hydrogen) atoms. The summed E-state index contributed by atoms with van der Waals surface area (Å²) in [6.07, 6.45) is 6.71. The van der Waals surface area contributed by atoms with Crippen LogP contribution in [-0.4, -0.2) is 40.7 Å². The summed E-state index contributed by atoms with van der Waals surface area (Å²) in [5.41, 5.74) is 1.28. The summed E-state index contributed by atoms with van der Waals surface area (Å²) in [5, 5.41) is 9.52. The molecule has 0 bridgehead atoms.